The molecule has 0 bridgehead atoms. The fraction of sp³-hybridized carbons (Fsp3) is 0.0909. The summed E-state index contributed by atoms with van der Waals surface area (Å²) in [4.78, 5) is 14.7. The molecule has 6 nitrogen and oxygen atoms in total. The lowest BCUT2D eigenvalue weighted by Crippen LogP contribution is -2.14. The van der Waals surface area contributed by atoms with Crippen molar-refractivity contribution in [2.45, 2.75) is 11.8 Å². The Morgan fingerprint density at radius 2 is 2.05 bits per heavy atom. The second-order valence-corrected chi connectivity index (χ2v) is 7.01. The first-order valence-corrected chi connectivity index (χ1v) is 7.97. The van der Waals surface area contributed by atoms with Gasteiger partial charge in [-0.2, -0.15) is 0 Å². The van der Waals surface area contributed by atoms with Gasteiger partial charge in [0.15, 0.2) is 5.69 Å². The Hall–Kier alpha value is -1.64. The van der Waals surface area contributed by atoms with Crippen LogP contribution in [0, 0.1) is 6.92 Å². The Morgan fingerprint density at radius 3 is 2.65 bits per heavy atom. The van der Waals surface area contributed by atoms with Crippen molar-refractivity contribution in [1.29, 1.82) is 0 Å². The van der Waals surface area contributed by atoms with Crippen LogP contribution in [0.3, 0.4) is 0 Å². The van der Waals surface area contributed by atoms with Crippen molar-refractivity contribution in [3.05, 3.63) is 40.0 Å². The number of rotatable bonds is 4. The van der Waals surface area contributed by atoms with Gasteiger partial charge in [-0.1, -0.05) is 23.7 Å². The lowest BCUT2D eigenvalue weighted by atomic mass is 10.4. The highest BCUT2D eigenvalue weighted by atomic mass is 35.5. The van der Waals surface area contributed by atoms with Crippen LogP contribution in [0.2, 0.25) is 5.02 Å². The van der Waals surface area contributed by atoms with Crippen LogP contribution in [-0.2, 0) is 10.0 Å². The SMILES string of the molecule is Cc1nc(C(=O)O)c(NS(=O)(=O)c2ccccc2Cl)s1. The van der Waals surface area contributed by atoms with Crippen LogP contribution in [0.15, 0.2) is 29.2 Å². The second kappa shape index (κ2) is 5.39. The first kappa shape index (κ1) is 14.8. The molecule has 0 fully saturated rings. The van der Waals surface area contributed by atoms with Crippen LogP contribution in [0.4, 0.5) is 5.00 Å². The topological polar surface area (TPSA) is 96.4 Å². The summed E-state index contributed by atoms with van der Waals surface area (Å²) >= 11 is 6.78. The van der Waals surface area contributed by atoms with Crippen LogP contribution >= 0.6 is 22.9 Å². The number of aromatic nitrogens is 1. The first-order valence-electron chi connectivity index (χ1n) is 5.29. The molecular formula is C11H9ClN2O4S2. The smallest absolute Gasteiger partial charge is 0.357 e. The molecule has 0 spiro atoms. The molecule has 0 aliphatic carbocycles. The van der Waals surface area contributed by atoms with E-state index < -0.39 is 16.0 Å². The van der Waals surface area contributed by atoms with Gasteiger partial charge in [-0.15, -0.1) is 11.3 Å². The molecule has 0 saturated carbocycles. The Morgan fingerprint density at radius 1 is 1.40 bits per heavy atom. The lowest BCUT2D eigenvalue weighted by Gasteiger charge is -2.07. The summed E-state index contributed by atoms with van der Waals surface area (Å²) in [6.07, 6.45) is 0. The lowest BCUT2D eigenvalue weighted by molar-refractivity contribution is 0.0692. The fourth-order valence-electron chi connectivity index (χ4n) is 1.48. The van der Waals surface area contributed by atoms with E-state index in [4.69, 9.17) is 16.7 Å². The average molecular weight is 333 g/mol. The maximum Gasteiger partial charge on any atom is 0.357 e. The van der Waals surface area contributed by atoms with Gasteiger partial charge in [0.05, 0.1) is 10.0 Å². The number of sulfonamides is 1. The summed E-state index contributed by atoms with van der Waals surface area (Å²) in [5.74, 6) is -1.30. The van der Waals surface area contributed by atoms with Crippen molar-refractivity contribution in [3.8, 4) is 0 Å². The molecule has 20 heavy (non-hydrogen) atoms. The molecule has 1 heterocycles. The number of aryl methyl sites for hydroxylation is 1. The zero-order valence-corrected chi connectivity index (χ0v) is 12.5. The highest BCUT2D eigenvalue weighted by molar-refractivity contribution is 7.93. The number of hydrogen-bond acceptors (Lipinski definition) is 5. The van der Waals surface area contributed by atoms with E-state index in [1.54, 1.807) is 13.0 Å². The van der Waals surface area contributed by atoms with Crippen molar-refractivity contribution < 1.29 is 18.3 Å². The Bertz CT molecular complexity index is 770. The van der Waals surface area contributed by atoms with Crippen molar-refractivity contribution in [3.63, 3.8) is 0 Å². The van der Waals surface area contributed by atoms with E-state index in [0.717, 1.165) is 11.3 Å². The summed E-state index contributed by atoms with van der Waals surface area (Å²) in [6.45, 7) is 1.59. The number of carboxylic acids is 1. The molecule has 106 valence electrons. The molecule has 0 aliphatic heterocycles. The molecule has 9 heteroatoms. The molecule has 0 radical (unpaired) electrons. The molecule has 0 unspecified atom stereocenters. The molecule has 2 aromatic rings. The number of benzene rings is 1. The molecule has 2 rings (SSSR count). The van der Waals surface area contributed by atoms with E-state index in [9.17, 15) is 13.2 Å². The standard InChI is InChI=1S/C11H9ClN2O4S2/c1-6-13-9(11(15)16)10(19-6)14-20(17,18)8-5-3-2-4-7(8)12/h2-5,14H,1H3,(H,15,16). The summed E-state index contributed by atoms with van der Waals surface area (Å²) in [5.41, 5.74) is -0.330. The zero-order valence-electron chi connectivity index (χ0n) is 10.1. The Labute approximate surface area is 124 Å². The van der Waals surface area contributed by atoms with Gasteiger partial charge in [0.2, 0.25) is 0 Å². The molecule has 2 N–H and O–H groups in total. The average Bonchev–Trinajstić information content (AvgIpc) is 2.70. The number of nitrogens with one attached hydrogen (secondary N) is 1. The van der Waals surface area contributed by atoms with Gasteiger partial charge in [-0.05, 0) is 19.1 Å². The normalized spacial score (nSPS) is 11.3. The summed E-state index contributed by atoms with van der Waals surface area (Å²) < 4.78 is 26.6. The minimum atomic E-state index is -3.96. The van der Waals surface area contributed by atoms with Gasteiger partial charge in [-0.25, -0.2) is 18.2 Å². The molecular weight excluding hydrogens is 324 g/mol. The van der Waals surface area contributed by atoms with Crippen molar-refractivity contribution in [2.24, 2.45) is 0 Å². The number of carbonyl (C=O) groups is 1. The summed E-state index contributed by atoms with van der Waals surface area (Å²) in [6, 6.07) is 5.89. The maximum absolute atomic E-state index is 12.2. The van der Waals surface area contributed by atoms with E-state index >= 15 is 0 Å². The Kier molecular flexibility index (Phi) is 3.98. The molecule has 0 saturated heterocycles. The number of halogens is 1. The molecule has 0 atom stereocenters. The number of aromatic carboxylic acids is 1. The van der Waals surface area contributed by atoms with E-state index in [1.165, 1.54) is 18.2 Å². The molecule has 0 aliphatic rings. The largest absolute Gasteiger partial charge is 0.476 e. The van der Waals surface area contributed by atoms with Crippen LogP contribution in [0.1, 0.15) is 15.5 Å². The number of thiazole rings is 1. The maximum atomic E-state index is 12.2. The summed E-state index contributed by atoms with van der Waals surface area (Å²) in [7, 11) is -3.96. The van der Waals surface area contributed by atoms with E-state index in [2.05, 4.69) is 9.71 Å². The predicted octanol–water partition coefficient (Wildman–Crippen LogP) is 2.60. The number of anilines is 1. The van der Waals surface area contributed by atoms with E-state index in [-0.39, 0.29) is 20.6 Å². The predicted molar refractivity (Wildman–Crippen MR) is 76.1 cm³/mol. The second-order valence-electron chi connectivity index (χ2n) is 3.75. The minimum Gasteiger partial charge on any atom is -0.476 e. The van der Waals surface area contributed by atoms with Crippen molar-refractivity contribution in [2.75, 3.05) is 4.72 Å². The molecule has 1 aromatic carbocycles. The van der Waals surface area contributed by atoms with Gasteiger partial charge in [0, 0.05) is 0 Å². The van der Waals surface area contributed by atoms with Crippen LogP contribution in [0.25, 0.3) is 0 Å². The van der Waals surface area contributed by atoms with Crippen LogP contribution < -0.4 is 4.72 Å². The molecule has 1 aromatic heterocycles. The number of nitrogens with zero attached hydrogens (tertiary/aromatic N) is 1. The van der Waals surface area contributed by atoms with Crippen molar-refractivity contribution >= 4 is 43.9 Å². The Balaban J connectivity index is 2.44. The number of carboxylic acid groups (broad SMARTS) is 1. The van der Waals surface area contributed by atoms with Gasteiger partial charge < -0.3 is 5.11 Å². The van der Waals surface area contributed by atoms with Gasteiger partial charge in [0.1, 0.15) is 9.90 Å². The quantitative estimate of drug-likeness (QED) is 0.897. The van der Waals surface area contributed by atoms with Gasteiger partial charge >= 0.3 is 5.97 Å². The van der Waals surface area contributed by atoms with E-state index in [1.807, 2.05) is 0 Å². The number of hydrogen-bond donors (Lipinski definition) is 2. The van der Waals surface area contributed by atoms with Gasteiger partial charge in [0.25, 0.3) is 10.0 Å². The van der Waals surface area contributed by atoms with Crippen molar-refractivity contribution in [1.82, 2.24) is 4.98 Å². The third-order valence-corrected chi connectivity index (χ3v) is 5.15. The minimum absolute atomic E-state index is 0.0464. The van der Waals surface area contributed by atoms with Crippen LogP contribution in [-0.4, -0.2) is 24.5 Å². The zero-order chi connectivity index (χ0) is 14.9. The summed E-state index contributed by atoms with van der Waals surface area (Å²) in [5, 5.41) is 9.44. The monoisotopic (exact) mass is 332 g/mol. The van der Waals surface area contributed by atoms with Gasteiger partial charge in [-0.3, -0.25) is 4.72 Å². The first-order chi connectivity index (χ1) is 9.31. The third-order valence-electron chi connectivity index (χ3n) is 2.29. The third kappa shape index (κ3) is 2.92. The fourth-order valence-corrected chi connectivity index (χ4v) is 4.11. The van der Waals surface area contributed by atoms with E-state index in [0.29, 0.717) is 5.01 Å². The highest BCUT2D eigenvalue weighted by Crippen LogP contribution is 2.29. The van der Waals surface area contributed by atoms with Crippen LogP contribution in [0.5, 0.6) is 0 Å². The molecule has 0 amide bonds. The highest BCUT2D eigenvalue weighted by Gasteiger charge is 2.23.